The fourth-order valence-electron chi connectivity index (χ4n) is 1.67. The summed E-state index contributed by atoms with van der Waals surface area (Å²) in [6, 6.07) is 14.2. The summed E-state index contributed by atoms with van der Waals surface area (Å²) in [6.45, 7) is 2.48. The molecule has 0 heterocycles. The molecule has 0 saturated heterocycles. The molecule has 0 N–H and O–H groups in total. The first-order chi connectivity index (χ1) is 9.65. The van der Waals surface area contributed by atoms with Gasteiger partial charge in [0.15, 0.2) is 0 Å². The number of nitrogens with zero attached hydrogens (tertiary/aromatic N) is 1. The molecule has 0 radical (unpaired) electrons. The van der Waals surface area contributed by atoms with Crippen molar-refractivity contribution >= 4 is 11.8 Å². The van der Waals surface area contributed by atoms with Gasteiger partial charge in [0, 0.05) is 12.1 Å². The van der Waals surface area contributed by atoms with E-state index in [9.17, 15) is 10.1 Å². The molecule has 0 saturated carbocycles. The average molecular weight is 269 g/mol. The lowest BCUT2D eigenvalue weighted by Crippen LogP contribution is -1.93. The zero-order valence-corrected chi connectivity index (χ0v) is 11.2. The molecule has 0 atom stereocenters. The summed E-state index contributed by atoms with van der Waals surface area (Å²) >= 11 is 0. The van der Waals surface area contributed by atoms with Gasteiger partial charge in [0.05, 0.1) is 4.92 Å². The average Bonchev–Trinajstić information content (AvgIpc) is 2.46. The first-order valence-corrected chi connectivity index (χ1v) is 6.25. The van der Waals surface area contributed by atoms with E-state index in [1.54, 1.807) is 12.1 Å². The highest BCUT2D eigenvalue weighted by Crippen LogP contribution is 2.14. The Hall–Kier alpha value is -2.62. The van der Waals surface area contributed by atoms with E-state index in [1.807, 2.05) is 43.3 Å². The van der Waals surface area contributed by atoms with Crippen molar-refractivity contribution in [2.75, 3.05) is 6.61 Å². The maximum atomic E-state index is 10.5. The van der Waals surface area contributed by atoms with Crippen LogP contribution in [0.1, 0.15) is 11.1 Å². The topological polar surface area (TPSA) is 52.4 Å². The van der Waals surface area contributed by atoms with Crippen LogP contribution in [0.2, 0.25) is 0 Å². The minimum absolute atomic E-state index is 0.0954. The minimum Gasteiger partial charge on any atom is -0.490 e. The zero-order valence-electron chi connectivity index (χ0n) is 11.2. The van der Waals surface area contributed by atoms with Crippen LogP contribution in [0.3, 0.4) is 0 Å². The van der Waals surface area contributed by atoms with Gasteiger partial charge < -0.3 is 4.74 Å². The van der Waals surface area contributed by atoms with E-state index in [0.29, 0.717) is 6.61 Å². The van der Waals surface area contributed by atoms with E-state index in [1.165, 1.54) is 17.7 Å². The van der Waals surface area contributed by atoms with E-state index < -0.39 is 4.92 Å². The molecule has 20 heavy (non-hydrogen) atoms. The summed E-state index contributed by atoms with van der Waals surface area (Å²) in [5.41, 5.74) is 2.19. The van der Waals surface area contributed by atoms with Crippen LogP contribution in [-0.2, 0) is 0 Å². The van der Waals surface area contributed by atoms with Crippen molar-refractivity contribution in [3.8, 4) is 5.75 Å². The number of hydrogen-bond acceptors (Lipinski definition) is 3. The molecule has 0 unspecified atom stereocenters. The van der Waals surface area contributed by atoms with Gasteiger partial charge in [0.25, 0.3) is 5.69 Å². The van der Waals surface area contributed by atoms with Gasteiger partial charge in [-0.1, -0.05) is 23.8 Å². The Bertz CT molecular complexity index is 601. The summed E-state index contributed by atoms with van der Waals surface area (Å²) in [4.78, 5) is 10.1. The second-order valence-corrected chi connectivity index (χ2v) is 4.38. The molecule has 2 aromatic rings. The minimum atomic E-state index is -0.409. The lowest BCUT2D eigenvalue weighted by molar-refractivity contribution is -0.384. The lowest BCUT2D eigenvalue weighted by atomic mass is 10.2. The van der Waals surface area contributed by atoms with Crippen LogP contribution in [-0.4, -0.2) is 11.5 Å². The number of ether oxygens (including phenoxy) is 1. The van der Waals surface area contributed by atoms with Crippen LogP contribution in [0.15, 0.2) is 54.6 Å². The molecule has 0 aromatic heterocycles. The number of rotatable bonds is 5. The number of nitro benzene ring substituents is 1. The van der Waals surface area contributed by atoms with Gasteiger partial charge in [-0.2, -0.15) is 0 Å². The largest absolute Gasteiger partial charge is 0.490 e. The van der Waals surface area contributed by atoms with Crippen LogP contribution in [0, 0.1) is 17.0 Å². The molecule has 2 rings (SSSR count). The molecule has 0 amide bonds. The van der Waals surface area contributed by atoms with Crippen LogP contribution in [0.4, 0.5) is 5.69 Å². The second kappa shape index (κ2) is 6.52. The highest BCUT2D eigenvalue weighted by molar-refractivity contribution is 5.51. The van der Waals surface area contributed by atoms with Gasteiger partial charge in [0.2, 0.25) is 0 Å². The maximum Gasteiger partial charge on any atom is 0.269 e. The van der Waals surface area contributed by atoms with Gasteiger partial charge >= 0.3 is 0 Å². The smallest absolute Gasteiger partial charge is 0.269 e. The van der Waals surface area contributed by atoms with Gasteiger partial charge in [0.1, 0.15) is 12.4 Å². The van der Waals surface area contributed by atoms with Crippen molar-refractivity contribution < 1.29 is 9.66 Å². The SMILES string of the molecule is Cc1ccc(OC/C=C/c2ccc([N+](=O)[O-])cc2)cc1. The molecule has 2 aromatic carbocycles. The Kier molecular flexibility index (Phi) is 4.50. The van der Waals surface area contributed by atoms with Gasteiger partial charge in [-0.05, 0) is 42.8 Å². The Morgan fingerprint density at radius 3 is 2.35 bits per heavy atom. The molecule has 0 spiro atoms. The molecular formula is C16H15NO3. The summed E-state index contributed by atoms with van der Waals surface area (Å²) in [6.07, 6.45) is 3.75. The van der Waals surface area contributed by atoms with Crippen molar-refractivity contribution in [2.24, 2.45) is 0 Å². The standard InChI is InChI=1S/C16H15NO3/c1-13-4-10-16(11-5-13)20-12-2-3-14-6-8-15(9-7-14)17(18)19/h2-11H,12H2,1H3/b3-2+. The first kappa shape index (κ1) is 13.8. The second-order valence-electron chi connectivity index (χ2n) is 4.38. The van der Waals surface area contributed by atoms with Crippen LogP contribution < -0.4 is 4.74 Å². The van der Waals surface area contributed by atoms with Gasteiger partial charge in [-0.25, -0.2) is 0 Å². The molecular weight excluding hydrogens is 254 g/mol. The number of non-ortho nitro benzene ring substituents is 1. The van der Waals surface area contributed by atoms with E-state index in [0.717, 1.165) is 11.3 Å². The quantitative estimate of drug-likeness (QED) is 0.609. The molecule has 0 aliphatic rings. The Morgan fingerprint density at radius 2 is 1.75 bits per heavy atom. The molecule has 0 bridgehead atoms. The van der Waals surface area contributed by atoms with Gasteiger partial charge in [-0.15, -0.1) is 0 Å². The highest BCUT2D eigenvalue weighted by Gasteiger charge is 2.01. The van der Waals surface area contributed by atoms with E-state index in [2.05, 4.69) is 0 Å². The first-order valence-electron chi connectivity index (χ1n) is 6.25. The summed E-state index contributed by atoms with van der Waals surface area (Å²) in [5.74, 6) is 0.823. The maximum absolute atomic E-state index is 10.5. The predicted molar refractivity (Wildman–Crippen MR) is 78.8 cm³/mol. The Balaban J connectivity index is 1.87. The third-order valence-corrected chi connectivity index (χ3v) is 2.78. The summed E-state index contributed by atoms with van der Waals surface area (Å²) < 4.78 is 5.55. The van der Waals surface area contributed by atoms with E-state index in [-0.39, 0.29) is 5.69 Å². The van der Waals surface area contributed by atoms with Crippen molar-refractivity contribution in [3.63, 3.8) is 0 Å². The fraction of sp³-hybridized carbons (Fsp3) is 0.125. The summed E-state index contributed by atoms with van der Waals surface area (Å²) in [5, 5.41) is 10.5. The third kappa shape index (κ3) is 3.95. The van der Waals surface area contributed by atoms with E-state index >= 15 is 0 Å². The molecule has 4 heteroatoms. The third-order valence-electron chi connectivity index (χ3n) is 2.78. The van der Waals surface area contributed by atoms with Crippen molar-refractivity contribution in [2.45, 2.75) is 6.92 Å². The molecule has 4 nitrogen and oxygen atoms in total. The number of hydrogen-bond donors (Lipinski definition) is 0. The summed E-state index contributed by atoms with van der Waals surface area (Å²) in [7, 11) is 0. The molecule has 0 fully saturated rings. The van der Waals surface area contributed by atoms with Crippen LogP contribution >= 0.6 is 0 Å². The fourth-order valence-corrected chi connectivity index (χ4v) is 1.67. The molecule has 0 aliphatic heterocycles. The monoisotopic (exact) mass is 269 g/mol. The molecule has 0 aliphatic carbocycles. The number of benzene rings is 2. The van der Waals surface area contributed by atoms with Crippen LogP contribution in [0.25, 0.3) is 6.08 Å². The predicted octanol–water partition coefficient (Wildman–Crippen LogP) is 4.00. The highest BCUT2D eigenvalue weighted by atomic mass is 16.6. The Morgan fingerprint density at radius 1 is 1.10 bits per heavy atom. The molecule has 102 valence electrons. The van der Waals surface area contributed by atoms with Crippen molar-refractivity contribution in [3.05, 3.63) is 75.8 Å². The van der Waals surface area contributed by atoms with E-state index in [4.69, 9.17) is 4.74 Å². The lowest BCUT2D eigenvalue weighted by Gasteiger charge is -2.02. The number of aryl methyl sites for hydroxylation is 1. The van der Waals surface area contributed by atoms with Gasteiger partial charge in [-0.3, -0.25) is 10.1 Å². The van der Waals surface area contributed by atoms with Crippen molar-refractivity contribution in [1.29, 1.82) is 0 Å². The van der Waals surface area contributed by atoms with Crippen molar-refractivity contribution in [1.82, 2.24) is 0 Å². The zero-order chi connectivity index (χ0) is 14.4. The number of nitro groups is 1. The van der Waals surface area contributed by atoms with Crippen LogP contribution in [0.5, 0.6) is 5.75 Å². The normalized spacial score (nSPS) is 10.7. The Labute approximate surface area is 117 Å².